The molecule has 10 aromatic rings. The monoisotopic (exact) mass is 639 g/mol. The van der Waals surface area contributed by atoms with Gasteiger partial charge in [0.25, 0.3) is 0 Å². The van der Waals surface area contributed by atoms with Crippen molar-refractivity contribution in [3.63, 3.8) is 0 Å². The Hall–Kier alpha value is -6.78. The molecule has 50 heavy (non-hydrogen) atoms. The van der Waals surface area contributed by atoms with E-state index in [0.29, 0.717) is 5.82 Å². The van der Waals surface area contributed by atoms with E-state index >= 15 is 0 Å². The number of benzene rings is 7. The molecule has 0 spiro atoms. The summed E-state index contributed by atoms with van der Waals surface area (Å²) in [4.78, 5) is 10.5. The summed E-state index contributed by atoms with van der Waals surface area (Å²) in [5, 5.41) is 4.67. The molecule has 10 rings (SSSR count). The average Bonchev–Trinajstić information content (AvgIpc) is 3.74. The number of fused-ring (bicyclic) bond motifs is 6. The molecule has 0 radical (unpaired) electrons. The van der Waals surface area contributed by atoms with Crippen molar-refractivity contribution in [1.29, 1.82) is 0 Å². The molecular formula is C46H29N3O. The average molecular weight is 640 g/mol. The number of aromatic nitrogens is 3. The van der Waals surface area contributed by atoms with E-state index in [-0.39, 0.29) is 0 Å². The second-order valence-corrected chi connectivity index (χ2v) is 12.6. The highest BCUT2D eigenvalue weighted by Gasteiger charge is 2.17. The summed E-state index contributed by atoms with van der Waals surface area (Å²) in [5.41, 5.74) is 12.1. The van der Waals surface area contributed by atoms with Gasteiger partial charge in [-0.05, 0) is 59.7 Å². The lowest BCUT2D eigenvalue weighted by atomic mass is 9.97. The topological polar surface area (TPSA) is 43.9 Å². The van der Waals surface area contributed by atoms with Crippen molar-refractivity contribution in [2.45, 2.75) is 0 Å². The molecule has 0 unspecified atom stereocenters. The van der Waals surface area contributed by atoms with Crippen LogP contribution in [0.5, 0.6) is 0 Å². The predicted octanol–water partition coefficient (Wildman–Crippen LogP) is 12.1. The van der Waals surface area contributed by atoms with E-state index in [9.17, 15) is 0 Å². The Bertz CT molecular complexity index is 2830. The maximum absolute atomic E-state index is 6.14. The van der Waals surface area contributed by atoms with Crippen LogP contribution in [0.4, 0.5) is 0 Å². The van der Waals surface area contributed by atoms with Crippen LogP contribution in [-0.4, -0.2) is 14.5 Å². The fraction of sp³-hybridized carbons (Fsp3) is 0. The Morgan fingerprint density at radius 1 is 0.380 bits per heavy atom. The summed E-state index contributed by atoms with van der Waals surface area (Å²) in [6.45, 7) is 0. The number of furan rings is 1. The van der Waals surface area contributed by atoms with Crippen molar-refractivity contribution in [2.24, 2.45) is 0 Å². The van der Waals surface area contributed by atoms with Gasteiger partial charge in [-0.1, -0.05) is 127 Å². The molecule has 0 fully saturated rings. The molecule has 0 N–H and O–H groups in total. The van der Waals surface area contributed by atoms with Gasteiger partial charge < -0.3 is 8.98 Å². The molecule has 3 aromatic heterocycles. The molecule has 4 nitrogen and oxygen atoms in total. The SMILES string of the molecule is c1ccc(-c2cc(-c3cccc(-n4c5ccccc5c5ccccc54)c3)nc(-c3ccccc3-c3ccc4oc5ccccc5c4c3)n2)cc1. The summed E-state index contributed by atoms with van der Waals surface area (Å²) < 4.78 is 8.49. The van der Waals surface area contributed by atoms with Crippen molar-refractivity contribution in [1.82, 2.24) is 14.5 Å². The quantitative estimate of drug-likeness (QED) is 0.188. The summed E-state index contributed by atoms with van der Waals surface area (Å²) in [5.74, 6) is 0.677. The van der Waals surface area contributed by atoms with E-state index in [1.165, 1.54) is 21.8 Å². The first kappa shape index (κ1) is 28.3. The highest BCUT2D eigenvalue weighted by Crippen LogP contribution is 2.38. The van der Waals surface area contributed by atoms with Gasteiger partial charge in [0.05, 0.1) is 22.4 Å². The van der Waals surface area contributed by atoms with Crippen LogP contribution in [0, 0.1) is 0 Å². The zero-order chi connectivity index (χ0) is 33.0. The van der Waals surface area contributed by atoms with Crippen LogP contribution >= 0.6 is 0 Å². The van der Waals surface area contributed by atoms with Gasteiger partial charge in [-0.15, -0.1) is 0 Å². The maximum Gasteiger partial charge on any atom is 0.161 e. The van der Waals surface area contributed by atoms with Gasteiger partial charge in [0.2, 0.25) is 0 Å². The fourth-order valence-corrected chi connectivity index (χ4v) is 7.30. The highest BCUT2D eigenvalue weighted by molar-refractivity contribution is 6.09. The standard InChI is InChI=1S/C46H29N3O/c1-2-13-30(14-3-1)40-29-41(32-15-12-16-33(27-32)49-42-22-9-6-18-35(42)36-19-7-10-23-43(36)49)48-46(47-40)38-21-5-4-17-34(38)31-25-26-45-39(28-31)37-20-8-11-24-44(37)50-45/h1-29H. The minimum Gasteiger partial charge on any atom is -0.456 e. The first-order valence-electron chi connectivity index (χ1n) is 16.8. The lowest BCUT2D eigenvalue weighted by molar-refractivity contribution is 0.669. The third-order valence-corrected chi connectivity index (χ3v) is 9.63. The maximum atomic E-state index is 6.14. The molecular weight excluding hydrogens is 611 g/mol. The molecule has 0 amide bonds. The minimum absolute atomic E-state index is 0.677. The Morgan fingerprint density at radius 3 is 1.76 bits per heavy atom. The first-order chi connectivity index (χ1) is 24.8. The van der Waals surface area contributed by atoms with Crippen molar-refractivity contribution in [2.75, 3.05) is 0 Å². The van der Waals surface area contributed by atoms with Gasteiger partial charge in [-0.25, -0.2) is 9.97 Å². The molecule has 0 aliphatic heterocycles. The van der Waals surface area contributed by atoms with Crippen LogP contribution in [0.2, 0.25) is 0 Å². The Labute approximate surface area is 288 Å². The van der Waals surface area contributed by atoms with E-state index in [4.69, 9.17) is 14.4 Å². The van der Waals surface area contributed by atoms with E-state index < -0.39 is 0 Å². The second-order valence-electron chi connectivity index (χ2n) is 12.6. The van der Waals surface area contributed by atoms with Crippen LogP contribution in [0.15, 0.2) is 180 Å². The Morgan fingerprint density at radius 2 is 0.980 bits per heavy atom. The molecule has 0 aliphatic carbocycles. The number of hydrogen-bond acceptors (Lipinski definition) is 3. The van der Waals surface area contributed by atoms with Crippen LogP contribution in [0.3, 0.4) is 0 Å². The van der Waals surface area contributed by atoms with Crippen LogP contribution in [0.1, 0.15) is 0 Å². The molecule has 3 heterocycles. The van der Waals surface area contributed by atoms with Gasteiger partial charge in [-0.2, -0.15) is 0 Å². The van der Waals surface area contributed by atoms with E-state index in [1.54, 1.807) is 0 Å². The van der Waals surface area contributed by atoms with Crippen LogP contribution < -0.4 is 0 Å². The van der Waals surface area contributed by atoms with Gasteiger partial charge in [0.15, 0.2) is 5.82 Å². The number of nitrogens with zero attached hydrogens (tertiary/aromatic N) is 3. The summed E-state index contributed by atoms with van der Waals surface area (Å²) >= 11 is 0. The molecule has 0 saturated heterocycles. The Kier molecular flexibility index (Phi) is 6.46. The van der Waals surface area contributed by atoms with Crippen LogP contribution in [-0.2, 0) is 0 Å². The van der Waals surface area contributed by atoms with Gasteiger partial charge in [-0.3, -0.25) is 0 Å². The van der Waals surface area contributed by atoms with E-state index in [0.717, 1.165) is 66.8 Å². The smallest absolute Gasteiger partial charge is 0.161 e. The van der Waals surface area contributed by atoms with Crippen molar-refractivity contribution in [3.8, 4) is 50.7 Å². The lowest BCUT2D eigenvalue weighted by Crippen LogP contribution is -1.98. The normalized spacial score (nSPS) is 11.6. The van der Waals surface area contributed by atoms with Gasteiger partial charge in [0.1, 0.15) is 11.2 Å². The summed E-state index contributed by atoms with van der Waals surface area (Å²) in [7, 11) is 0. The molecule has 0 atom stereocenters. The zero-order valence-electron chi connectivity index (χ0n) is 27.0. The highest BCUT2D eigenvalue weighted by atomic mass is 16.3. The van der Waals surface area contributed by atoms with Crippen molar-refractivity contribution < 1.29 is 4.42 Å². The number of rotatable bonds is 5. The third-order valence-electron chi connectivity index (χ3n) is 9.63. The third kappa shape index (κ3) is 4.61. The zero-order valence-corrected chi connectivity index (χ0v) is 27.0. The molecule has 234 valence electrons. The molecule has 4 heteroatoms. The van der Waals surface area contributed by atoms with Crippen molar-refractivity contribution in [3.05, 3.63) is 176 Å². The summed E-state index contributed by atoms with van der Waals surface area (Å²) in [6, 6.07) is 61.4. The first-order valence-corrected chi connectivity index (χ1v) is 16.8. The molecule has 0 bridgehead atoms. The van der Waals surface area contributed by atoms with Gasteiger partial charge in [0, 0.05) is 43.9 Å². The van der Waals surface area contributed by atoms with E-state index in [2.05, 4.69) is 162 Å². The second kappa shape index (κ2) is 11.4. The predicted molar refractivity (Wildman–Crippen MR) is 205 cm³/mol. The van der Waals surface area contributed by atoms with Gasteiger partial charge >= 0.3 is 0 Å². The Balaban J connectivity index is 1.16. The number of para-hydroxylation sites is 3. The fourth-order valence-electron chi connectivity index (χ4n) is 7.30. The van der Waals surface area contributed by atoms with Crippen molar-refractivity contribution >= 4 is 43.7 Å². The van der Waals surface area contributed by atoms with E-state index in [1.807, 2.05) is 18.2 Å². The van der Waals surface area contributed by atoms with Crippen LogP contribution in [0.25, 0.3) is 94.5 Å². The molecule has 0 saturated carbocycles. The molecule has 0 aliphatic rings. The lowest BCUT2D eigenvalue weighted by Gasteiger charge is -2.14. The summed E-state index contributed by atoms with van der Waals surface area (Å²) in [6.07, 6.45) is 0. The largest absolute Gasteiger partial charge is 0.456 e. The molecule has 7 aromatic carbocycles. The minimum atomic E-state index is 0.677. The number of hydrogen-bond donors (Lipinski definition) is 0.